The van der Waals surface area contributed by atoms with Gasteiger partial charge in [-0.1, -0.05) is 13.3 Å². The molecule has 0 bridgehead atoms. The van der Waals surface area contributed by atoms with Crippen molar-refractivity contribution in [3.05, 3.63) is 23.5 Å². The summed E-state index contributed by atoms with van der Waals surface area (Å²) in [5.74, 6) is -1.42. The molecule has 1 atom stereocenters. The molecule has 0 spiro atoms. The van der Waals surface area contributed by atoms with E-state index in [0.29, 0.717) is 17.7 Å². The number of aryl methyl sites for hydroxylation is 1. The fourth-order valence-electron chi connectivity index (χ4n) is 2.03. The maximum absolute atomic E-state index is 12.1. The van der Waals surface area contributed by atoms with Crippen molar-refractivity contribution in [2.75, 3.05) is 0 Å². The fourth-order valence-corrected chi connectivity index (χ4v) is 2.03. The first-order valence-corrected chi connectivity index (χ1v) is 6.55. The van der Waals surface area contributed by atoms with Crippen LogP contribution < -0.4 is 5.32 Å². The van der Waals surface area contributed by atoms with E-state index in [1.807, 2.05) is 6.92 Å². The van der Waals surface area contributed by atoms with Crippen molar-refractivity contribution in [2.45, 2.75) is 39.2 Å². The second kappa shape index (κ2) is 6.88. The molecule has 0 aromatic carbocycles. The Bertz CT molecular complexity index is 519. The maximum atomic E-state index is 12.1. The van der Waals surface area contributed by atoms with Crippen molar-refractivity contribution in [1.82, 2.24) is 9.88 Å². The van der Waals surface area contributed by atoms with Crippen LogP contribution in [0.1, 0.15) is 54.0 Å². The lowest BCUT2D eigenvalue weighted by Gasteiger charge is -2.16. The Labute approximate surface area is 117 Å². The van der Waals surface area contributed by atoms with Crippen LogP contribution >= 0.6 is 0 Å². The summed E-state index contributed by atoms with van der Waals surface area (Å²) in [6, 6.07) is 1.11. The summed E-state index contributed by atoms with van der Waals surface area (Å²) in [6.45, 7) is 3.36. The molecule has 0 aliphatic carbocycles. The van der Waals surface area contributed by atoms with E-state index in [9.17, 15) is 14.4 Å². The van der Waals surface area contributed by atoms with Crippen molar-refractivity contribution >= 4 is 17.7 Å². The number of carbonyl (C=O) groups is 3. The van der Waals surface area contributed by atoms with Crippen LogP contribution in [0.25, 0.3) is 0 Å². The van der Waals surface area contributed by atoms with E-state index in [1.165, 1.54) is 13.0 Å². The molecule has 0 radical (unpaired) electrons. The molecule has 0 aliphatic rings. The van der Waals surface area contributed by atoms with Gasteiger partial charge in [0.2, 0.25) is 0 Å². The second-order valence-electron chi connectivity index (χ2n) is 4.84. The average Bonchev–Trinajstić information content (AvgIpc) is 2.71. The van der Waals surface area contributed by atoms with Gasteiger partial charge >= 0.3 is 5.97 Å². The van der Waals surface area contributed by atoms with Gasteiger partial charge < -0.3 is 15.0 Å². The summed E-state index contributed by atoms with van der Waals surface area (Å²) in [5, 5.41) is 11.5. The molecule has 0 aliphatic heterocycles. The number of carboxylic acids is 1. The van der Waals surface area contributed by atoms with E-state index >= 15 is 0 Å². The van der Waals surface area contributed by atoms with Crippen molar-refractivity contribution in [3.8, 4) is 0 Å². The van der Waals surface area contributed by atoms with Crippen LogP contribution in [0.2, 0.25) is 0 Å². The predicted molar refractivity (Wildman–Crippen MR) is 73.8 cm³/mol. The largest absolute Gasteiger partial charge is 0.481 e. The van der Waals surface area contributed by atoms with Crippen LogP contribution in [0.5, 0.6) is 0 Å². The lowest BCUT2D eigenvalue weighted by atomic mass is 10.1. The molecule has 6 nitrogen and oxygen atoms in total. The zero-order valence-electron chi connectivity index (χ0n) is 12.0. The van der Waals surface area contributed by atoms with Gasteiger partial charge in [0.05, 0.1) is 6.42 Å². The number of nitrogens with one attached hydrogen (secondary N) is 1. The smallest absolute Gasteiger partial charge is 0.305 e. The molecule has 6 heteroatoms. The number of hydrogen-bond donors (Lipinski definition) is 2. The molecule has 1 amide bonds. The van der Waals surface area contributed by atoms with E-state index in [1.54, 1.807) is 17.8 Å². The average molecular weight is 280 g/mol. The normalized spacial score (nSPS) is 11.9. The molecule has 1 rings (SSSR count). The Balaban J connectivity index is 2.82. The number of rotatable bonds is 7. The first-order valence-electron chi connectivity index (χ1n) is 6.55. The van der Waals surface area contributed by atoms with Crippen LogP contribution in [-0.4, -0.2) is 33.4 Å². The predicted octanol–water partition coefficient (Wildman–Crippen LogP) is 1.60. The zero-order valence-corrected chi connectivity index (χ0v) is 12.0. The third-order valence-electron chi connectivity index (χ3n) is 3.04. The highest BCUT2D eigenvalue weighted by Gasteiger charge is 2.19. The number of amides is 1. The maximum Gasteiger partial charge on any atom is 0.305 e. The number of ketones is 1. The number of carbonyl (C=O) groups excluding carboxylic acids is 2. The molecular formula is C14H20N2O4. The van der Waals surface area contributed by atoms with Gasteiger partial charge in [0.15, 0.2) is 5.78 Å². The van der Waals surface area contributed by atoms with Crippen molar-refractivity contribution in [2.24, 2.45) is 7.05 Å². The van der Waals surface area contributed by atoms with Gasteiger partial charge in [-0.15, -0.1) is 0 Å². The van der Waals surface area contributed by atoms with Crippen LogP contribution in [0.3, 0.4) is 0 Å². The third-order valence-corrected chi connectivity index (χ3v) is 3.04. The third kappa shape index (κ3) is 4.22. The van der Waals surface area contributed by atoms with Gasteiger partial charge in [0, 0.05) is 24.8 Å². The standard InChI is InChI=1S/C14H20N2O4/c1-4-5-11(7-13(18)19)15-14(20)12-6-10(9(2)17)8-16(12)3/h6,8,11H,4-5,7H2,1-3H3,(H,15,20)(H,18,19). The molecular weight excluding hydrogens is 260 g/mol. The molecule has 1 aromatic rings. The van der Waals surface area contributed by atoms with E-state index in [-0.39, 0.29) is 18.1 Å². The summed E-state index contributed by atoms with van der Waals surface area (Å²) in [5.41, 5.74) is 0.810. The minimum absolute atomic E-state index is 0.108. The molecule has 0 saturated carbocycles. The monoisotopic (exact) mass is 280 g/mol. The van der Waals surface area contributed by atoms with Crippen LogP contribution in [0.4, 0.5) is 0 Å². The van der Waals surface area contributed by atoms with Crippen LogP contribution in [0, 0.1) is 0 Å². The molecule has 0 fully saturated rings. The Morgan fingerprint density at radius 3 is 2.50 bits per heavy atom. The summed E-state index contributed by atoms with van der Waals surface area (Å²) >= 11 is 0. The number of aromatic nitrogens is 1. The minimum atomic E-state index is -0.944. The number of aliphatic carboxylic acids is 1. The number of hydrogen-bond acceptors (Lipinski definition) is 3. The summed E-state index contributed by atoms with van der Waals surface area (Å²) in [7, 11) is 1.67. The Kier molecular flexibility index (Phi) is 5.49. The van der Waals surface area contributed by atoms with E-state index in [4.69, 9.17) is 5.11 Å². The topological polar surface area (TPSA) is 88.4 Å². The first kappa shape index (κ1) is 15.9. The summed E-state index contributed by atoms with van der Waals surface area (Å²) < 4.78 is 1.57. The van der Waals surface area contributed by atoms with E-state index in [2.05, 4.69) is 5.32 Å². The summed E-state index contributed by atoms with van der Waals surface area (Å²) in [6.07, 6.45) is 2.86. The number of carboxylic acid groups (broad SMARTS) is 1. The molecule has 0 saturated heterocycles. The highest BCUT2D eigenvalue weighted by atomic mass is 16.4. The van der Waals surface area contributed by atoms with Gasteiger partial charge in [-0.05, 0) is 19.4 Å². The summed E-state index contributed by atoms with van der Waals surface area (Å²) in [4.78, 5) is 34.2. The van der Waals surface area contributed by atoms with E-state index < -0.39 is 12.0 Å². The van der Waals surface area contributed by atoms with Gasteiger partial charge in [-0.2, -0.15) is 0 Å². The first-order chi connectivity index (χ1) is 9.35. The molecule has 1 heterocycles. The van der Waals surface area contributed by atoms with Gasteiger partial charge in [-0.3, -0.25) is 14.4 Å². The molecule has 1 aromatic heterocycles. The lowest BCUT2D eigenvalue weighted by Crippen LogP contribution is -2.37. The van der Waals surface area contributed by atoms with Gasteiger partial charge in [0.1, 0.15) is 5.69 Å². The Morgan fingerprint density at radius 2 is 2.05 bits per heavy atom. The molecule has 2 N–H and O–H groups in total. The number of nitrogens with zero attached hydrogens (tertiary/aromatic N) is 1. The zero-order chi connectivity index (χ0) is 15.3. The van der Waals surface area contributed by atoms with Crippen LogP contribution in [-0.2, 0) is 11.8 Å². The minimum Gasteiger partial charge on any atom is -0.481 e. The Morgan fingerprint density at radius 1 is 1.40 bits per heavy atom. The molecule has 110 valence electrons. The van der Waals surface area contributed by atoms with Gasteiger partial charge in [-0.25, -0.2) is 0 Å². The van der Waals surface area contributed by atoms with E-state index in [0.717, 1.165) is 6.42 Å². The number of Topliss-reactive ketones (excluding diaryl/α,β-unsaturated/α-hetero) is 1. The quantitative estimate of drug-likeness (QED) is 0.742. The van der Waals surface area contributed by atoms with Crippen LogP contribution in [0.15, 0.2) is 12.3 Å². The lowest BCUT2D eigenvalue weighted by molar-refractivity contribution is -0.137. The molecule has 1 unspecified atom stereocenters. The fraction of sp³-hybridized carbons (Fsp3) is 0.500. The van der Waals surface area contributed by atoms with Crippen molar-refractivity contribution < 1.29 is 19.5 Å². The highest BCUT2D eigenvalue weighted by Crippen LogP contribution is 2.10. The van der Waals surface area contributed by atoms with Crippen molar-refractivity contribution in [3.63, 3.8) is 0 Å². The Hall–Kier alpha value is -2.11. The molecule has 20 heavy (non-hydrogen) atoms. The van der Waals surface area contributed by atoms with Crippen molar-refractivity contribution in [1.29, 1.82) is 0 Å². The second-order valence-corrected chi connectivity index (χ2v) is 4.84. The highest BCUT2D eigenvalue weighted by molar-refractivity contribution is 5.99. The van der Waals surface area contributed by atoms with Gasteiger partial charge in [0.25, 0.3) is 5.91 Å². The SMILES string of the molecule is CCCC(CC(=O)O)NC(=O)c1cc(C(C)=O)cn1C.